The number of thiophene rings is 1. The maximum atomic E-state index is 15.5. The van der Waals surface area contributed by atoms with Crippen molar-refractivity contribution in [1.82, 2.24) is 72.4 Å². The quantitative estimate of drug-likeness (QED) is 0.0413. The Bertz CT molecular complexity index is 5150. The van der Waals surface area contributed by atoms with Gasteiger partial charge in [-0.25, -0.2) is 4.39 Å². The van der Waals surface area contributed by atoms with Gasteiger partial charge >= 0.3 is 5.97 Å². The molecule has 11 atom stereocenters. The summed E-state index contributed by atoms with van der Waals surface area (Å²) in [5, 5.41) is 47.1. The zero-order valence-corrected chi connectivity index (χ0v) is 76.8. The van der Waals surface area contributed by atoms with Gasteiger partial charge in [-0.15, -0.1) is 23.1 Å². The average molecular weight is 1840 g/mol. The second-order valence-electron chi connectivity index (χ2n) is 33.5. The number of nitrogens with one attached hydrogen (secondary N) is 9. The van der Waals surface area contributed by atoms with Crippen LogP contribution in [0.4, 0.5) is 4.39 Å². The highest BCUT2D eigenvalue weighted by atomic mass is 32.2. The van der Waals surface area contributed by atoms with Gasteiger partial charge in [0.2, 0.25) is 88.6 Å². The van der Waals surface area contributed by atoms with Crippen molar-refractivity contribution in [2.75, 3.05) is 66.4 Å². The maximum Gasteiger partial charge on any atom is 0.305 e. The number of carbonyl (C=O) groups excluding carboxylic acids is 15. The Morgan fingerprint density at radius 1 is 0.489 bits per heavy atom. The number of rotatable bonds is 24. The zero-order valence-electron chi connectivity index (χ0n) is 75.1. The molecule has 8 rings (SSSR count). The predicted octanol–water partition coefficient (Wildman–Crippen LogP) is 2.95. The first-order valence-electron chi connectivity index (χ1n) is 43.2. The Kier molecular flexibility index (Phi) is 39.5. The molecule has 15 N–H and O–H groups in total. The van der Waals surface area contributed by atoms with E-state index in [1.807, 2.05) is 25.1 Å². The summed E-state index contributed by atoms with van der Waals surface area (Å²) >= 11 is 2.14. The Hall–Kier alpha value is -13.2. The summed E-state index contributed by atoms with van der Waals surface area (Å²) in [5.41, 5.74) is 15.1. The van der Waals surface area contributed by atoms with Crippen LogP contribution in [0.1, 0.15) is 106 Å². The van der Waals surface area contributed by atoms with Crippen LogP contribution in [0.3, 0.4) is 0 Å². The van der Waals surface area contributed by atoms with Crippen LogP contribution in [0.2, 0.25) is 0 Å². The average Bonchev–Trinajstić information content (AvgIpc) is 1.80. The van der Waals surface area contributed by atoms with E-state index in [-0.39, 0.29) is 69.6 Å². The summed E-state index contributed by atoms with van der Waals surface area (Å²) in [6.45, 7) is 6.30. The fourth-order valence-electron chi connectivity index (χ4n) is 15.0. The van der Waals surface area contributed by atoms with Crippen molar-refractivity contribution < 1.29 is 91.3 Å². The van der Waals surface area contributed by atoms with Crippen molar-refractivity contribution in [1.29, 1.82) is 0 Å². The number of unbranched alkanes of at least 4 members (excludes halogenated alkanes) is 1. The van der Waals surface area contributed by atoms with E-state index in [0.29, 0.717) is 46.2 Å². The molecule has 1 aliphatic heterocycles. The van der Waals surface area contributed by atoms with E-state index in [1.165, 1.54) is 83.0 Å². The molecule has 1 saturated heterocycles. The zero-order chi connectivity index (χ0) is 95.9. The minimum absolute atomic E-state index is 0.00379. The van der Waals surface area contributed by atoms with Crippen LogP contribution in [0.25, 0.3) is 10.1 Å². The highest BCUT2D eigenvalue weighted by Crippen LogP contribution is 2.28. The largest absolute Gasteiger partial charge is 0.508 e. The fraction of sp³-hybridized carbons (Fsp3) is 0.426. The highest BCUT2D eigenvalue weighted by Gasteiger charge is 2.42. The van der Waals surface area contributed by atoms with Crippen LogP contribution in [-0.4, -0.2) is 262 Å². The molecule has 131 heavy (non-hydrogen) atoms. The van der Waals surface area contributed by atoms with Crippen molar-refractivity contribution in [3.63, 3.8) is 0 Å². The molecule has 0 aliphatic carbocycles. The van der Waals surface area contributed by atoms with Gasteiger partial charge in [-0.05, 0) is 105 Å². The van der Waals surface area contributed by atoms with E-state index in [4.69, 9.17) is 11.5 Å². The summed E-state index contributed by atoms with van der Waals surface area (Å²) in [6.07, 6.45) is -1.70. The van der Waals surface area contributed by atoms with E-state index in [0.717, 1.165) is 64.0 Å². The van der Waals surface area contributed by atoms with Gasteiger partial charge in [0.1, 0.15) is 78.0 Å². The fourth-order valence-corrected chi connectivity index (χ4v) is 16.9. The van der Waals surface area contributed by atoms with Crippen LogP contribution in [0.5, 0.6) is 5.75 Å². The lowest BCUT2D eigenvalue weighted by Crippen LogP contribution is -2.61. The molecule has 0 radical (unpaired) electrons. The normalized spacial score (nSPS) is 21.8. The number of phenols is 1. The van der Waals surface area contributed by atoms with Gasteiger partial charge in [-0.2, -0.15) is 0 Å². The summed E-state index contributed by atoms with van der Waals surface area (Å²) in [6, 6.07) is 24.8. The number of phenolic OH excluding ortho intramolecular Hbond substituents is 1. The summed E-state index contributed by atoms with van der Waals surface area (Å²) < 4.78 is 15.4. The summed E-state index contributed by atoms with van der Waals surface area (Å²) in [4.78, 5) is 241. The van der Waals surface area contributed by atoms with Crippen molar-refractivity contribution in [3.05, 3.63) is 208 Å². The molecule has 6 aromatic carbocycles. The first-order chi connectivity index (χ1) is 62.3. The molecule has 37 heteroatoms. The lowest BCUT2D eigenvalue weighted by Gasteiger charge is -2.37. The minimum atomic E-state index is -1.91. The molecule has 1 fully saturated rings. The third-order valence-corrected chi connectivity index (χ3v) is 24.4. The van der Waals surface area contributed by atoms with E-state index < -0.39 is 210 Å². The Morgan fingerprint density at radius 3 is 1.52 bits per heavy atom. The molecule has 0 spiro atoms. The van der Waals surface area contributed by atoms with Gasteiger partial charge in [0.15, 0.2) is 0 Å². The molecule has 0 saturated carbocycles. The van der Waals surface area contributed by atoms with Crippen LogP contribution < -0.4 is 59.3 Å². The number of nitrogens with two attached hydrogens (primary N) is 2. The number of thioether (sulfide) groups is 1. The van der Waals surface area contributed by atoms with E-state index >= 15 is 38.4 Å². The van der Waals surface area contributed by atoms with Crippen molar-refractivity contribution in [3.8, 4) is 5.75 Å². The number of primary amides is 1. The van der Waals surface area contributed by atoms with Crippen LogP contribution >= 0.6 is 23.1 Å². The second-order valence-corrected chi connectivity index (χ2v) is 35.4. The number of benzene rings is 6. The first-order valence-corrected chi connectivity index (χ1v) is 45.2. The van der Waals surface area contributed by atoms with Crippen LogP contribution in [0.15, 0.2) is 163 Å². The van der Waals surface area contributed by atoms with E-state index in [2.05, 4.69) is 47.9 Å². The topological polar surface area (TPSA) is 490 Å². The smallest absolute Gasteiger partial charge is 0.305 e. The number of nitrogens with zero attached hydrogens (tertiary/aromatic N) is 5. The lowest BCUT2D eigenvalue weighted by atomic mass is 9.98. The Labute approximate surface area is 768 Å². The van der Waals surface area contributed by atoms with Gasteiger partial charge in [-0.1, -0.05) is 175 Å². The molecule has 34 nitrogen and oxygen atoms in total. The number of amides is 15. The number of likely N-dealkylation sites (N-methyl/N-ethyl adjacent to an activating group) is 5. The highest BCUT2D eigenvalue weighted by molar-refractivity contribution is 8.00. The van der Waals surface area contributed by atoms with Gasteiger partial charge in [-0.3, -0.25) is 76.7 Å². The minimum Gasteiger partial charge on any atom is -0.508 e. The van der Waals surface area contributed by atoms with Gasteiger partial charge < -0.3 is 94.0 Å². The molecule has 15 amide bonds. The van der Waals surface area contributed by atoms with E-state index in [1.54, 1.807) is 124 Å². The number of carboxylic acids is 1. The number of carbonyl (C=O) groups is 16. The number of fused-ring (bicyclic) bond motifs is 1. The molecule has 0 bridgehead atoms. The molecule has 0 unspecified atom stereocenters. The number of halogens is 1. The summed E-state index contributed by atoms with van der Waals surface area (Å²) in [5.74, 6) is -18.2. The Balaban J connectivity index is 1.22. The monoisotopic (exact) mass is 1840 g/mol. The molecular weight excluding hydrogens is 1720 g/mol. The number of aliphatic carboxylic acids is 1. The molecular formula is C94H119FN16O18S2. The second kappa shape index (κ2) is 50.1. The standard InChI is InChI=1S/C94H119FN16O18S2/c1-11-12-26-74-92(127)108(7)51-80(115)100-70(47-82(117)118)88(123)106-83(56(4)5)94(129)110(9)75(44-57-21-15-13-16-22-57)89(124)104-71(42-59-28-30-62(48-96)31-29-59)90(125)107(6)50-79(114)99-69(46-63-52-131-77-27-20-19-25-66(63)77)87(122)103-68(41-61-34-38-65(112)39-35-61)86(121)102-67(40-55(2)3)85(120)105-73(84(119)98-49-78(97)113)53-130-54-81(116)101-72(43-60-32-36-64(95)37-33-60)91(126)111(10)76(93(128)109(74)8)45-58-23-17-14-18-24-58/h13-25,27-39,52,55-56,67-76,83,112H,11-12,26,40-51,53-54,96H2,1-10H3,(H2,97,113)(H,98,119)(H,99,114)(H,100,115)(H,101,116)(H,102,121)(H,103,122)(H,104,124)(H,105,120)(H,106,123)(H,117,118)/t67-,68-,69-,70-,71-,72-,73-,74-,75-,76-,83-/m0/s1. The Morgan fingerprint density at radius 2 is 0.954 bits per heavy atom. The first kappa shape index (κ1) is 103. The number of aromatic hydroxyl groups is 1. The van der Waals surface area contributed by atoms with Gasteiger partial charge in [0.05, 0.1) is 31.8 Å². The van der Waals surface area contributed by atoms with Gasteiger partial charge in [0.25, 0.3) is 0 Å². The molecule has 2 heterocycles. The lowest BCUT2D eigenvalue weighted by molar-refractivity contribution is -0.151. The third-order valence-electron chi connectivity index (χ3n) is 22.3. The van der Waals surface area contributed by atoms with Crippen molar-refractivity contribution in [2.45, 2.75) is 178 Å². The number of hydrogen-bond donors (Lipinski definition) is 13. The molecule has 7 aromatic rings. The number of carboxylic acid groups (broad SMARTS) is 1. The predicted molar refractivity (Wildman–Crippen MR) is 492 cm³/mol. The molecule has 1 aliphatic rings. The molecule has 1 aromatic heterocycles. The van der Waals surface area contributed by atoms with Crippen molar-refractivity contribution >= 4 is 128 Å². The third kappa shape index (κ3) is 31.3. The van der Waals surface area contributed by atoms with E-state index in [9.17, 15) is 53.0 Å². The molecule has 702 valence electrons. The maximum absolute atomic E-state index is 15.5. The van der Waals surface area contributed by atoms with Crippen molar-refractivity contribution in [2.24, 2.45) is 23.3 Å². The van der Waals surface area contributed by atoms with Crippen LogP contribution in [0, 0.1) is 17.7 Å². The van der Waals surface area contributed by atoms with Gasteiger partial charge in [0, 0.05) is 90.8 Å². The summed E-state index contributed by atoms with van der Waals surface area (Å²) in [7, 11) is 6.48. The number of hydrogen-bond acceptors (Lipinski definition) is 20. The van der Waals surface area contributed by atoms with Crippen LogP contribution in [-0.2, 0) is 122 Å². The SMILES string of the molecule is CCCC[C@H]1C(=O)N(C)CC(=O)N[C@@H](CC(=O)O)C(=O)N[C@@H](C(C)C)C(=O)N(C)[C@@H](Cc2ccccc2)C(=O)N[C@@H](Cc2ccc(CN)cc2)C(=O)N(C)CC(=O)N[C@@H](Cc2csc3ccccc23)C(=O)N[C@@H](Cc2ccc(O)cc2)C(=O)N[C@@H](CC(C)C)C(=O)N[C@H](C(=O)NCC(N)=O)CSCC(=O)N[C@@H](Cc2ccc(F)cc2)C(=O)N(C)[C@@H](Cc2ccccc2)C(=O)N1C.